The van der Waals surface area contributed by atoms with Gasteiger partial charge in [0.2, 0.25) is 11.8 Å². The first-order chi connectivity index (χ1) is 10.0. The molecule has 0 bridgehead atoms. The van der Waals surface area contributed by atoms with E-state index in [1.54, 1.807) is 0 Å². The first kappa shape index (κ1) is 15.9. The Morgan fingerprint density at radius 1 is 1.29 bits per heavy atom. The summed E-state index contributed by atoms with van der Waals surface area (Å²) in [5.74, 6) is -3.05. The molecule has 0 unspecified atom stereocenters. The van der Waals surface area contributed by atoms with E-state index < -0.39 is 5.92 Å². The molecule has 3 N–H and O–H groups in total. The third-order valence-corrected chi connectivity index (χ3v) is 4.06. The molecule has 1 amide bonds. The number of hydrogen-bond donors (Lipinski definition) is 2. The van der Waals surface area contributed by atoms with Crippen LogP contribution in [0.15, 0.2) is 30.3 Å². The van der Waals surface area contributed by atoms with E-state index in [9.17, 15) is 13.6 Å². The second-order valence-electron chi connectivity index (χ2n) is 5.68. The Bertz CT molecular complexity index is 455. The Balaban J connectivity index is 1.96. The Morgan fingerprint density at radius 3 is 2.48 bits per heavy atom. The minimum absolute atomic E-state index is 0.132. The quantitative estimate of drug-likeness (QED) is 0.877. The van der Waals surface area contributed by atoms with Crippen LogP contribution in [-0.2, 0) is 4.79 Å². The number of rotatable bonds is 5. The van der Waals surface area contributed by atoms with Crippen LogP contribution in [0, 0.1) is 5.92 Å². The lowest BCUT2D eigenvalue weighted by Crippen LogP contribution is -2.38. The lowest BCUT2D eigenvalue weighted by molar-refractivity contribution is -0.129. The van der Waals surface area contributed by atoms with Crippen LogP contribution in [0.3, 0.4) is 0 Å². The third kappa shape index (κ3) is 4.49. The van der Waals surface area contributed by atoms with Gasteiger partial charge in [-0.2, -0.15) is 0 Å². The van der Waals surface area contributed by atoms with Crippen LogP contribution < -0.4 is 11.1 Å². The van der Waals surface area contributed by atoms with Crippen molar-refractivity contribution in [3.8, 4) is 0 Å². The first-order valence-electron chi connectivity index (χ1n) is 7.45. The van der Waals surface area contributed by atoms with Gasteiger partial charge < -0.3 is 11.1 Å². The molecule has 5 heteroatoms. The van der Waals surface area contributed by atoms with Crippen molar-refractivity contribution < 1.29 is 13.6 Å². The van der Waals surface area contributed by atoms with Crippen LogP contribution in [0.25, 0.3) is 0 Å². The van der Waals surface area contributed by atoms with Gasteiger partial charge in [-0.15, -0.1) is 0 Å². The van der Waals surface area contributed by atoms with Gasteiger partial charge in [-0.05, 0) is 31.4 Å². The summed E-state index contributed by atoms with van der Waals surface area (Å²) in [5.41, 5.74) is 6.60. The van der Waals surface area contributed by atoms with Crippen molar-refractivity contribution in [3.05, 3.63) is 35.9 Å². The molecule has 1 aromatic carbocycles. The molecule has 1 aliphatic carbocycles. The van der Waals surface area contributed by atoms with Gasteiger partial charge >= 0.3 is 0 Å². The lowest BCUT2D eigenvalue weighted by Gasteiger charge is -2.29. The van der Waals surface area contributed by atoms with Crippen molar-refractivity contribution in [2.45, 2.75) is 44.1 Å². The summed E-state index contributed by atoms with van der Waals surface area (Å²) in [7, 11) is 0. The molecule has 0 aromatic heterocycles. The highest BCUT2D eigenvalue weighted by atomic mass is 19.3. The predicted octanol–water partition coefficient (Wildman–Crippen LogP) is 3.02. The number of carbonyl (C=O) groups is 1. The van der Waals surface area contributed by atoms with Crippen molar-refractivity contribution in [1.29, 1.82) is 0 Å². The fourth-order valence-electron chi connectivity index (χ4n) is 2.77. The van der Waals surface area contributed by atoms with Gasteiger partial charge in [-0.3, -0.25) is 4.79 Å². The van der Waals surface area contributed by atoms with Gasteiger partial charge in [0, 0.05) is 18.8 Å². The number of amides is 1. The predicted molar refractivity (Wildman–Crippen MR) is 77.9 cm³/mol. The van der Waals surface area contributed by atoms with Crippen LogP contribution in [0.1, 0.15) is 43.7 Å². The molecular formula is C16H22F2N2O. The minimum atomic E-state index is -2.60. The first-order valence-corrected chi connectivity index (χ1v) is 7.45. The van der Waals surface area contributed by atoms with Crippen molar-refractivity contribution in [1.82, 2.24) is 5.32 Å². The standard InChI is InChI=1S/C16H22F2N2O/c17-16(18)9-6-13(7-10-16)15(21)20-14(8-11-19)12-4-2-1-3-5-12/h1-5,13-14H,6-11,19H2,(H,20,21)/t14-/m0/s1. The molecule has 1 fully saturated rings. The van der Waals surface area contributed by atoms with Gasteiger partial charge in [0.05, 0.1) is 6.04 Å². The molecular weight excluding hydrogens is 274 g/mol. The highest BCUT2D eigenvalue weighted by Gasteiger charge is 2.37. The summed E-state index contributed by atoms with van der Waals surface area (Å²) in [4.78, 5) is 12.3. The van der Waals surface area contributed by atoms with E-state index in [0.717, 1.165) is 5.56 Å². The Hall–Kier alpha value is -1.49. The second kappa shape index (κ2) is 6.98. The zero-order chi connectivity index (χ0) is 15.3. The van der Waals surface area contributed by atoms with Crippen LogP contribution in [0.2, 0.25) is 0 Å². The van der Waals surface area contributed by atoms with Crippen LogP contribution in [-0.4, -0.2) is 18.4 Å². The SMILES string of the molecule is NCC[C@H](NC(=O)C1CCC(F)(F)CC1)c1ccccc1. The molecule has 116 valence electrons. The topological polar surface area (TPSA) is 55.1 Å². The van der Waals surface area contributed by atoms with E-state index in [-0.39, 0.29) is 43.6 Å². The molecule has 0 spiro atoms. The summed E-state index contributed by atoms with van der Waals surface area (Å²) in [6.45, 7) is 0.461. The van der Waals surface area contributed by atoms with Gasteiger partial charge in [0.25, 0.3) is 0 Å². The number of halogens is 2. The van der Waals surface area contributed by atoms with E-state index in [1.807, 2.05) is 30.3 Å². The maximum Gasteiger partial charge on any atom is 0.248 e. The van der Waals surface area contributed by atoms with Crippen molar-refractivity contribution in [3.63, 3.8) is 0 Å². The summed E-state index contributed by atoms with van der Waals surface area (Å²) in [6, 6.07) is 9.46. The van der Waals surface area contributed by atoms with Gasteiger partial charge in [0.15, 0.2) is 0 Å². The number of alkyl halides is 2. The average Bonchev–Trinajstić information content (AvgIpc) is 2.47. The monoisotopic (exact) mass is 296 g/mol. The molecule has 0 saturated heterocycles. The van der Waals surface area contributed by atoms with Crippen molar-refractivity contribution in [2.75, 3.05) is 6.54 Å². The van der Waals surface area contributed by atoms with Crippen molar-refractivity contribution >= 4 is 5.91 Å². The van der Waals surface area contributed by atoms with E-state index in [2.05, 4.69) is 5.32 Å². The zero-order valence-corrected chi connectivity index (χ0v) is 12.0. The molecule has 1 saturated carbocycles. The molecule has 1 aromatic rings. The number of carbonyl (C=O) groups excluding carboxylic acids is 1. The summed E-state index contributed by atoms with van der Waals surface area (Å²) < 4.78 is 26.3. The van der Waals surface area contributed by atoms with Gasteiger partial charge in [-0.25, -0.2) is 8.78 Å². The highest BCUT2D eigenvalue weighted by Crippen LogP contribution is 2.36. The number of nitrogens with two attached hydrogens (primary N) is 1. The smallest absolute Gasteiger partial charge is 0.248 e. The molecule has 2 rings (SSSR count). The van der Waals surface area contributed by atoms with E-state index in [4.69, 9.17) is 5.73 Å². The summed E-state index contributed by atoms with van der Waals surface area (Å²) in [6.07, 6.45) is 0.751. The maximum atomic E-state index is 13.1. The lowest BCUT2D eigenvalue weighted by atomic mass is 9.86. The fraction of sp³-hybridized carbons (Fsp3) is 0.562. The summed E-state index contributed by atoms with van der Waals surface area (Å²) >= 11 is 0. The molecule has 0 radical (unpaired) electrons. The van der Waals surface area contributed by atoms with Crippen molar-refractivity contribution in [2.24, 2.45) is 11.7 Å². The van der Waals surface area contributed by atoms with Crippen LogP contribution >= 0.6 is 0 Å². The zero-order valence-electron chi connectivity index (χ0n) is 12.0. The number of hydrogen-bond acceptors (Lipinski definition) is 2. The summed E-state index contributed by atoms with van der Waals surface area (Å²) in [5, 5.41) is 2.97. The molecule has 1 atom stereocenters. The number of benzene rings is 1. The van der Waals surface area contributed by atoms with Gasteiger partial charge in [-0.1, -0.05) is 30.3 Å². The van der Waals surface area contributed by atoms with Crippen LogP contribution in [0.5, 0.6) is 0 Å². The Labute approximate surface area is 123 Å². The fourth-order valence-corrected chi connectivity index (χ4v) is 2.77. The molecule has 0 heterocycles. The molecule has 21 heavy (non-hydrogen) atoms. The number of nitrogens with one attached hydrogen (secondary N) is 1. The Morgan fingerprint density at radius 2 is 1.90 bits per heavy atom. The maximum absolute atomic E-state index is 13.1. The Kier molecular flexibility index (Phi) is 5.28. The largest absolute Gasteiger partial charge is 0.349 e. The normalized spacial score (nSPS) is 20.0. The molecule has 0 aliphatic heterocycles. The van der Waals surface area contributed by atoms with E-state index in [1.165, 1.54) is 0 Å². The minimum Gasteiger partial charge on any atom is -0.349 e. The third-order valence-electron chi connectivity index (χ3n) is 4.06. The molecule has 3 nitrogen and oxygen atoms in total. The molecule has 1 aliphatic rings. The van der Waals surface area contributed by atoms with Crippen LogP contribution in [0.4, 0.5) is 8.78 Å². The van der Waals surface area contributed by atoms with E-state index >= 15 is 0 Å². The van der Waals surface area contributed by atoms with E-state index in [0.29, 0.717) is 13.0 Å². The average molecular weight is 296 g/mol. The second-order valence-corrected chi connectivity index (χ2v) is 5.68. The highest BCUT2D eigenvalue weighted by molar-refractivity contribution is 5.79. The van der Waals surface area contributed by atoms with Gasteiger partial charge in [0.1, 0.15) is 0 Å².